The Balaban J connectivity index is 0.000000157. The number of esters is 1. The van der Waals surface area contributed by atoms with Crippen LogP contribution in [0.2, 0.25) is 0 Å². The van der Waals surface area contributed by atoms with Crippen LogP contribution < -0.4 is 51.2 Å². The summed E-state index contributed by atoms with van der Waals surface area (Å²) in [5.74, 6) is 4.46. The molecule has 81 heavy (non-hydrogen) atoms. The number of methoxy groups -OCH3 is 1. The summed E-state index contributed by atoms with van der Waals surface area (Å²) in [5.41, 5.74) is 14.4. The van der Waals surface area contributed by atoms with Crippen LogP contribution in [0.1, 0.15) is 48.5 Å². The molecule has 0 radical (unpaired) electrons. The minimum atomic E-state index is -0.958. The van der Waals surface area contributed by atoms with E-state index in [-0.39, 0.29) is 46.6 Å². The van der Waals surface area contributed by atoms with Gasteiger partial charge < -0.3 is 37.0 Å². The van der Waals surface area contributed by atoms with Crippen molar-refractivity contribution in [1.29, 1.82) is 0 Å². The van der Waals surface area contributed by atoms with Gasteiger partial charge in [0.1, 0.15) is 17.5 Å². The summed E-state index contributed by atoms with van der Waals surface area (Å²) in [4.78, 5) is 74.0. The normalized spacial score (nSPS) is 10.5. The molecule has 6 aromatic carbocycles. The number of anilines is 6. The van der Waals surface area contributed by atoms with Gasteiger partial charge >= 0.3 is 41.5 Å². The van der Waals surface area contributed by atoms with E-state index in [1.807, 2.05) is 107 Å². The summed E-state index contributed by atoms with van der Waals surface area (Å²) >= 11 is 0. The number of para-hydroxylation sites is 6. The van der Waals surface area contributed by atoms with Crippen LogP contribution in [0.3, 0.4) is 0 Å². The third-order valence-electron chi connectivity index (χ3n) is 12.2. The van der Waals surface area contributed by atoms with Gasteiger partial charge in [-0.2, -0.15) is 0 Å². The number of carboxylic acids is 1. The van der Waals surface area contributed by atoms with Crippen LogP contribution in [-0.2, 0) is 4.74 Å². The second-order valence-electron chi connectivity index (χ2n) is 17.5. The number of aromatic nitrogens is 12. The Morgan fingerprint density at radius 1 is 0.444 bits per heavy atom. The molecule has 1 amide bonds. The van der Waals surface area contributed by atoms with Crippen LogP contribution in [0.15, 0.2) is 183 Å². The number of benzene rings is 6. The zero-order chi connectivity index (χ0) is 55.0. The molecular formula is C58H49N16NaO6. The number of nitrogens with two attached hydrogens (primary N) is 1. The summed E-state index contributed by atoms with van der Waals surface area (Å²) in [6.45, 7) is 5.80. The average Bonchev–Trinajstić information content (AvgIpc) is 4.13. The van der Waals surface area contributed by atoms with Gasteiger partial charge in [-0.3, -0.25) is 33.4 Å². The maximum atomic E-state index is 11.5. The molecule has 12 aromatic rings. The minimum absolute atomic E-state index is 0. The molecule has 6 heterocycles. The van der Waals surface area contributed by atoms with Crippen LogP contribution in [0, 0.1) is 20.8 Å². The molecule has 12 rings (SSSR count). The first kappa shape index (κ1) is 56.9. The third-order valence-corrected chi connectivity index (χ3v) is 12.2. The topological polar surface area (TPSA) is 304 Å². The largest absolute Gasteiger partial charge is 1.00 e. The molecule has 0 fully saturated rings. The Labute approximate surface area is 484 Å². The van der Waals surface area contributed by atoms with Crippen molar-refractivity contribution in [3.63, 3.8) is 0 Å². The average molecular weight is 1090 g/mol. The molecule has 0 spiro atoms. The first-order valence-corrected chi connectivity index (χ1v) is 24.4. The van der Waals surface area contributed by atoms with Crippen molar-refractivity contribution in [2.75, 3.05) is 23.1 Å². The standard InChI is InChI=1S/C20H17N5O2.C19H16N6O.C19H15N5O2.Na.H2O/c1-13-22-16-5-3-4-6-17(16)25(13)19-12-21-11-18(24-19)23-15-9-7-14(8-10-15)20(26)27-2;1-12-22-15-4-2-3-5-16(15)25(12)18-11-21-10-17(24-18)23-14-8-6-13(7-9-14)19(20)26;1-12-21-15-4-2-3-5-16(15)24(12)18-11-20-10-17(23-18)22-14-8-6-13(7-9-14)19(25)26;;/h3-12H,1-2H3,(H,23,24);2-11H,1H3,(H2,20,26)(H,23,24);2-11H,1H3,(H,22,23)(H,25,26);;1H2/q;;;+1;/p-1. The Kier molecular flexibility index (Phi) is 17.9. The summed E-state index contributed by atoms with van der Waals surface area (Å²) < 4.78 is 10.6. The number of rotatable bonds is 12. The molecule has 0 atom stereocenters. The van der Waals surface area contributed by atoms with Crippen LogP contribution in [0.25, 0.3) is 50.6 Å². The van der Waals surface area contributed by atoms with Crippen LogP contribution >= 0.6 is 0 Å². The Bertz CT molecular complexity index is 4010. The summed E-state index contributed by atoms with van der Waals surface area (Å²) in [6.07, 6.45) is 9.98. The van der Waals surface area contributed by atoms with E-state index >= 15 is 0 Å². The van der Waals surface area contributed by atoms with Crippen LogP contribution in [-0.4, -0.2) is 94.1 Å². The van der Waals surface area contributed by atoms with Crippen molar-refractivity contribution >= 4 is 85.5 Å². The number of nitrogens with zero attached hydrogens (tertiary/aromatic N) is 12. The van der Waals surface area contributed by atoms with Crippen molar-refractivity contribution in [1.82, 2.24) is 58.6 Å². The number of carbonyl (C=O) groups excluding carboxylic acids is 2. The van der Waals surface area contributed by atoms with Crippen molar-refractivity contribution in [2.45, 2.75) is 20.8 Å². The van der Waals surface area contributed by atoms with Gasteiger partial charge in [0.2, 0.25) is 5.91 Å². The maximum absolute atomic E-state index is 11.5. The molecule has 0 aliphatic rings. The molecule has 0 aliphatic heterocycles. The van der Waals surface area contributed by atoms with Crippen molar-refractivity contribution in [2.24, 2.45) is 5.73 Å². The first-order chi connectivity index (χ1) is 38.4. The number of carbonyl (C=O) groups is 3. The van der Waals surface area contributed by atoms with E-state index in [1.54, 1.807) is 97.8 Å². The molecular weight excluding hydrogens is 1040 g/mol. The third kappa shape index (κ3) is 13.0. The van der Waals surface area contributed by atoms with E-state index in [4.69, 9.17) is 15.6 Å². The van der Waals surface area contributed by atoms with Gasteiger partial charge in [-0.25, -0.2) is 39.5 Å². The number of hydrogen-bond donors (Lipinski definition) is 5. The summed E-state index contributed by atoms with van der Waals surface area (Å²) in [6, 6.07) is 43.9. The number of hydrogen-bond acceptors (Lipinski definition) is 17. The van der Waals surface area contributed by atoms with Crippen molar-refractivity contribution < 1.29 is 59.3 Å². The SMILES string of the molecule is COC(=O)c1ccc(Nc2cncc(-n3c(C)nc4ccccc43)n2)cc1.Cc1nc2ccccc2n1-c1cncc(Nc2ccc(C(=O)O)cc2)n1.Cc1nc2ccccc2n1-c1cncc(Nc2ccc(C(N)=O)cc2)n1.[Na+].[OH-]. The fourth-order valence-electron chi connectivity index (χ4n) is 8.54. The molecule has 22 nitrogen and oxygen atoms in total. The molecule has 0 bridgehead atoms. The fraction of sp³-hybridized carbons (Fsp3) is 0.0690. The number of ether oxygens (including phenoxy) is 1. The number of amides is 1. The smallest absolute Gasteiger partial charge is 0.870 e. The predicted octanol–water partition coefficient (Wildman–Crippen LogP) is 7.01. The predicted molar refractivity (Wildman–Crippen MR) is 302 cm³/mol. The molecule has 23 heteroatoms. The summed E-state index contributed by atoms with van der Waals surface area (Å²) in [7, 11) is 1.36. The van der Waals surface area contributed by atoms with E-state index in [0.29, 0.717) is 46.0 Å². The van der Waals surface area contributed by atoms with E-state index in [2.05, 4.69) is 60.8 Å². The Morgan fingerprint density at radius 3 is 1.06 bits per heavy atom. The minimum Gasteiger partial charge on any atom is -0.870 e. The molecule has 0 aliphatic carbocycles. The Morgan fingerprint density at radius 2 is 0.753 bits per heavy atom. The Hall–Kier alpha value is -10.3. The van der Waals surface area contributed by atoms with Crippen molar-refractivity contribution in [3.8, 4) is 17.5 Å². The van der Waals surface area contributed by atoms with Crippen LogP contribution in [0.5, 0.6) is 0 Å². The second kappa shape index (κ2) is 25.5. The van der Waals surface area contributed by atoms with Gasteiger partial charge in [0.25, 0.3) is 0 Å². The number of nitrogens with one attached hydrogen (secondary N) is 3. The monoisotopic (exact) mass is 1090 g/mol. The quantitative estimate of drug-likeness (QED) is 0.0606. The van der Waals surface area contributed by atoms with Gasteiger partial charge in [0, 0.05) is 22.6 Å². The van der Waals surface area contributed by atoms with E-state index in [9.17, 15) is 14.4 Å². The van der Waals surface area contributed by atoms with E-state index < -0.39 is 11.9 Å². The van der Waals surface area contributed by atoms with Crippen LogP contribution in [0.4, 0.5) is 34.5 Å². The zero-order valence-corrected chi connectivity index (χ0v) is 46.3. The number of aryl methyl sites for hydroxylation is 3. The molecule has 0 saturated heterocycles. The molecule has 7 N–H and O–H groups in total. The fourth-order valence-corrected chi connectivity index (χ4v) is 8.54. The van der Waals surface area contributed by atoms with E-state index in [1.165, 1.54) is 19.2 Å². The molecule has 0 saturated carbocycles. The molecule has 398 valence electrons. The summed E-state index contributed by atoms with van der Waals surface area (Å²) in [5, 5.41) is 18.5. The van der Waals surface area contributed by atoms with Gasteiger partial charge in [-0.1, -0.05) is 36.4 Å². The van der Waals surface area contributed by atoms with Gasteiger partial charge in [-0.05, 0) is 130 Å². The van der Waals surface area contributed by atoms with E-state index in [0.717, 1.165) is 67.6 Å². The first-order valence-electron chi connectivity index (χ1n) is 24.4. The maximum Gasteiger partial charge on any atom is 1.00 e. The number of primary amides is 1. The van der Waals surface area contributed by atoms with Crippen molar-refractivity contribution in [3.05, 3.63) is 217 Å². The number of aromatic carboxylic acids is 1. The molecule has 6 aromatic heterocycles. The molecule has 0 unspecified atom stereocenters. The second-order valence-corrected chi connectivity index (χ2v) is 17.5. The number of fused-ring (bicyclic) bond motifs is 3. The van der Waals surface area contributed by atoms with Gasteiger partial charge in [0.05, 0.1) is 88.5 Å². The zero-order valence-electron chi connectivity index (χ0n) is 44.3. The van der Waals surface area contributed by atoms with Gasteiger partial charge in [0.15, 0.2) is 34.9 Å². The van der Waals surface area contributed by atoms with Gasteiger partial charge in [-0.15, -0.1) is 0 Å². The number of carboxylic acid groups (broad SMARTS) is 1. The number of imidazole rings is 3.